The molecule has 0 rings (SSSR count). The van der Waals surface area contributed by atoms with E-state index in [0.717, 1.165) is 0 Å². The molecule has 1 radical (unpaired) electrons. The Morgan fingerprint density at radius 3 is 1.25 bits per heavy atom. The summed E-state index contributed by atoms with van der Waals surface area (Å²) in [4.78, 5) is 0. The Hall–Kier alpha value is 2.51. The number of hydrogen-bond donors (Lipinski definition) is 0. The van der Waals surface area contributed by atoms with Crippen LogP contribution in [0, 0.1) is 0 Å². The van der Waals surface area contributed by atoms with Crippen LogP contribution >= 0.6 is 0 Å². The minimum Gasteiger partial charge on any atom is -1.00 e. The van der Waals surface area contributed by atoms with Crippen LogP contribution in [0.15, 0.2) is 0 Å². The average Bonchev–Trinajstić information content (AvgIpc) is 0. The topological polar surface area (TPSA) is 0 Å². The second-order valence-electron chi connectivity index (χ2n) is 0. The van der Waals surface area contributed by atoms with Crippen LogP contribution in [0.3, 0.4) is 0 Å². The molecule has 0 fully saturated rings. The summed E-state index contributed by atoms with van der Waals surface area (Å²) < 4.78 is 0. The van der Waals surface area contributed by atoms with Crippen molar-refractivity contribution in [3.05, 3.63) is 0 Å². The molecule has 0 spiro atoms. The third kappa shape index (κ3) is 8.82. The third-order valence-electron chi connectivity index (χ3n) is 0. The molecule has 0 N–H and O–H groups in total. The van der Waals surface area contributed by atoms with Crippen molar-refractivity contribution >= 4 is 0 Å². The molecule has 0 saturated carbocycles. The molecular formula is HCoFeLiZr. The van der Waals surface area contributed by atoms with E-state index in [9.17, 15) is 0 Å². The molecule has 0 aromatic rings. The van der Waals surface area contributed by atoms with Gasteiger partial charge < -0.3 is 1.43 Å². The SMILES string of the molecule is [Co].[Fe].[H-].[Li+].[Zr]. The van der Waals surface area contributed by atoms with Crippen molar-refractivity contribution in [1.82, 2.24) is 0 Å². The van der Waals surface area contributed by atoms with Crippen molar-refractivity contribution in [2.45, 2.75) is 0 Å². The number of hydrogen-bond acceptors (Lipinski definition) is 0. The van der Waals surface area contributed by atoms with Crippen LogP contribution in [0.25, 0.3) is 0 Å². The van der Waals surface area contributed by atoms with E-state index >= 15 is 0 Å². The summed E-state index contributed by atoms with van der Waals surface area (Å²) in [7, 11) is 0. The molecule has 0 saturated heterocycles. The van der Waals surface area contributed by atoms with Gasteiger partial charge in [-0.25, -0.2) is 0 Å². The Bertz CT molecular complexity index is 11.6. The van der Waals surface area contributed by atoms with Gasteiger partial charge in [-0.2, -0.15) is 0 Å². The first-order valence-electron chi connectivity index (χ1n) is 0. The second kappa shape index (κ2) is 17.8. The molecule has 4 heavy (non-hydrogen) atoms. The third-order valence-corrected chi connectivity index (χ3v) is 0. The van der Waals surface area contributed by atoms with Crippen molar-refractivity contribution in [1.29, 1.82) is 0 Å². The summed E-state index contributed by atoms with van der Waals surface area (Å²) in [6, 6.07) is 0. The van der Waals surface area contributed by atoms with Crippen LogP contribution in [0.1, 0.15) is 1.43 Å². The summed E-state index contributed by atoms with van der Waals surface area (Å²) in [5.41, 5.74) is 0. The maximum atomic E-state index is 0. The Balaban J connectivity index is 0. The van der Waals surface area contributed by atoms with Crippen LogP contribution in [0.4, 0.5) is 0 Å². The van der Waals surface area contributed by atoms with Crippen LogP contribution in [-0.4, -0.2) is 0 Å². The van der Waals surface area contributed by atoms with Gasteiger partial charge >= 0.3 is 18.9 Å². The zero-order chi connectivity index (χ0) is 0. The fraction of sp³-hybridized carbons (Fsp3) is 0. The van der Waals surface area contributed by atoms with Crippen molar-refractivity contribution in [3.8, 4) is 0 Å². The van der Waals surface area contributed by atoms with Gasteiger partial charge in [-0.15, -0.1) is 0 Å². The molecule has 0 amide bonds. The first-order valence-corrected chi connectivity index (χ1v) is 0. The van der Waals surface area contributed by atoms with Crippen LogP contribution in [-0.2, 0) is 60.1 Å². The van der Waals surface area contributed by atoms with Gasteiger partial charge in [0.1, 0.15) is 0 Å². The second-order valence-corrected chi connectivity index (χ2v) is 0. The minimum absolute atomic E-state index is 0. The molecule has 0 aliphatic heterocycles. The fourth-order valence-corrected chi connectivity index (χ4v) is 0. The first-order chi connectivity index (χ1) is 0. The largest absolute Gasteiger partial charge is 1.00 e. The van der Waals surface area contributed by atoms with Gasteiger partial charge in [0.15, 0.2) is 0 Å². The van der Waals surface area contributed by atoms with Gasteiger partial charge in [0.25, 0.3) is 0 Å². The van der Waals surface area contributed by atoms with E-state index in [1.807, 2.05) is 0 Å². The molecule has 0 nitrogen and oxygen atoms in total. The van der Waals surface area contributed by atoms with Crippen LogP contribution in [0.5, 0.6) is 0 Å². The molecular weight excluding hydrogens is 213 g/mol. The van der Waals surface area contributed by atoms with Crippen LogP contribution in [0.2, 0.25) is 0 Å². The fourth-order valence-electron chi connectivity index (χ4n) is 0. The summed E-state index contributed by atoms with van der Waals surface area (Å²) in [6.07, 6.45) is 0. The van der Waals surface area contributed by atoms with Gasteiger partial charge in [-0.3, -0.25) is 0 Å². The zero-order valence-electron chi connectivity index (χ0n) is 3.19. The molecule has 0 aromatic carbocycles. The maximum absolute atomic E-state index is 0. The summed E-state index contributed by atoms with van der Waals surface area (Å²) in [5, 5.41) is 0. The van der Waals surface area contributed by atoms with Gasteiger partial charge in [-0.1, -0.05) is 0 Å². The summed E-state index contributed by atoms with van der Waals surface area (Å²) in [5.74, 6) is 0. The van der Waals surface area contributed by atoms with Crippen molar-refractivity contribution in [3.63, 3.8) is 0 Å². The normalized spacial score (nSPS) is 0. The quantitative estimate of drug-likeness (QED) is 0.380. The van der Waals surface area contributed by atoms with Gasteiger partial charge in [0, 0.05) is 60.1 Å². The molecule has 0 heterocycles. The molecule has 23 valence electrons. The average molecular weight is 214 g/mol. The van der Waals surface area contributed by atoms with E-state index in [4.69, 9.17) is 0 Å². The van der Waals surface area contributed by atoms with Crippen LogP contribution < -0.4 is 18.9 Å². The molecule has 4 heteroatoms. The minimum atomic E-state index is 0. The summed E-state index contributed by atoms with van der Waals surface area (Å²) >= 11 is 0. The Labute approximate surface area is 79.3 Å². The molecule has 0 bridgehead atoms. The van der Waals surface area contributed by atoms with Gasteiger partial charge in [0.2, 0.25) is 0 Å². The zero-order valence-corrected chi connectivity index (χ0v) is 6.79. The van der Waals surface area contributed by atoms with E-state index in [0.29, 0.717) is 0 Å². The van der Waals surface area contributed by atoms with E-state index in [2.05, 4.69) is 0 Å². The Morgan fingerprint density at radius 2 is 1.25 bits per heavy atom. The number of rotatable bonds is 0. The Kier molecular flexibility index (Phi) is 140. The van der Waals surface area contributed by atoms with Crippen molar-refractivity contribution < 1.29 is 80.3 Å². The Morgan fingerprint density at radius 1 is 1.25 bits per heavy atom. The van der Waals surface area contributed by atoms with Crippen molar-refractivity contribution in [2.24, 2.45) is 0 Å². The molecule has 0 unspecified atom stereocenters. The van der Waals surface area contributed by atoms with Gasteiger partial charge in [0.05, 0.1) is 0 Å². The predicted molar refractivity (Wildman–Crippen MR) is 1.11 cm³/mol. The van der Waals surface area contributed by atoms with E-state index in [1.165, 1.54) is 0 Å². The standard InChI is InChI=1S/Co.Fe.Li.Zr.H/q;;+1;;-1. The van der Waals surface area contributed by atoms with Gasteiger partial charge in [-0.05, 0) is 0 Å². The molecule has 0 atom stereocenters. The maximum Gasteiger partial charge on any atom is 1.00 e. The van der Waals surface area contributed by atoms with E-state index in [-0.39, 0.29) is 80.3 Å². The van der Waals surface area contributed by atoms with Crippen molar-refractivity contribution in [2.75, 3.05) is 0 Å². The summed E-state index contributed by atoms with van der Waals surface area (Å²) in [6.45, 7) is 0. The first kappa shape index (κ1) is 31.4. The smallest absolute Gasteiger partial charge is 1.00 e. The predicted octanol–water partition coefficient (Wildman–Crippen LogP) is -2.89. The molecule has 0 aliphatic carbocycles. The van der Waals surface area contributed by atoms with E-state index < -0.39 is 0 Å². The van der Waals surface area contributed by atoms with E-state index in [1.54, 1.807) is 0 Å². The monoisotopic (exact) mass is 213 g/mol. The molecule has 0 aliphatic rings. The molecule has 0 aromatic heterocycles.